The maximum absolute atomic E-state index is 14.1. The van der Waals surface area contributed by atoms with E-state index in [9.17, 15) is 29.5 Å². The van der Waals surface area contributed by atoms with Crippen LogP contribution in [0.15, 0.2) is 102 Å². The minimum absolute atomic E-state index is 0.000731. The van der Waals surface area contributed by atoms with E-state index in [0.717, 1.165) is 22.3 Å². The van der Waals surface area contributed by atoms with Crippen molar-refractivity contribution >= 4 is 46.6 Å². The van der Waals surface area contributed by atoms with E-state index in [1.165, 1.54) is 15.3 Å². The fraction of sp³-hybridized carbons (Fsp3) is 0.400. The van der Waals surface area contributed by atoms with Crippen molar-refractivity contribution in [1.29, 1.82) is 5.26 Å². The number of likely N-dealkylation sites (tertiary alicyclic amines) is 1. The van der Waals surface area contributed by atoms with Gasteiger partial charge in [0.2, 0.25) is 17.7 Å². The monoisotopic (exact) mass is 971 g/mol. The minimum atomic E-state index is -0.923. The zero-order chi connectivity index (χ0) is 49.8. The molecule has 3 atom stereocenters. The third-order valence-electron chi connectivity index (χ3n) is 13.4. The number of nitrogens with one attached hydrogen (secondary N) is 3. The Bertz CT molecular complexity index is 2690. The number of thiophene rings is 1. The molecule has 4 N–H and O–H groups in total. The number of nitrogens with zero attached hydrogens (tertiary/aromatic N) is 2. The maximum atomic E-state index is 14.1. The van der Waals surface area contributed by atoms with Crippen LogP contribution >= 0.6 is 22.9 Å². The third-order valence-corrected chi connectivity index (χ3v) is 14.8. The predicted molar refractivity (Wildman–Crippen MR) is 270 cm³/mol. The molecule has 0 radical (unpaired) electrons. The molecule has 2 fully saturated rings. The van der Waals surface area contributed by atoms with Crippen LogP contribution in [-0.4, -0.2) is 77.1 Å². The lowest BCUT2D eigenvalue weighted by molar-refractivity contribution is -0.164. The molecule has 1 saturated carbocycles. The number of nitriles is 1. The van der Waals surface area contributed by atoms with Crippen molar-refractivity contribution in [3.8, 4) is 39.1 Å². The van der Waals surface area contributed by atoms with Crippen molar-refractivity contribution in [2.24, 2.45) is 16.2 Å². The topological polar surface area (TPSA) is 170 Å². The molecule has 0 spiro atoms. The predicted octanol–water partition coefficient (Wildman–Crippen LogP) is 9.50. The number of ether oxygens (including phenoxy) is 2. The van der Waals surface area contributed by atoms with Gasteiger partial charge in [0.25, 0.3) is 5.91 Å². The highest BCUT2D eigenvalue weighted by Crippen LogP contribution is 2.55. The van der Waals surface area contributed by atoms with Crippen LogP contribution in [0.5, 0.6) is 11.5 Å². The molecule has 12 nitrogen and oxygen atoms in total. The Kier molecular flexibility index (Phi) is 15.3. The Morgan fingerprint density at radius 2 is 1.52 bits per heavy atom. The summed E-state index contributed by atoms with van der Waals surface area (Å²) in [5, 5.41) is 31.3. The molecular weight excluding hydrogens is 910 g/mol. The highest BCUT2D eigenvalue weighted by molar-refractivity contribution is 7.13. The number of hydrogen-bond donors (Lipinski definition) is 4. The van der Waals surface area contributed by atoms with Gasteiger partial charge in [-0.15, -0.1) is 11.3 Å². The van der Waals surface area contributed by atoms with E-state index in [4.69, 9.17) is 21.1 Å². The van der Waals surface area contributed by atoms with Gasteiger partial charge in [-0.1, -0.05) is 109 Å². The Hall–Kier alpha value is -6.20. The van der Waals surface area contributed by atoms with Gasteiger partial charge in [0.05, 0.1) is 23.3 Å². The maximum Gasteiger partial charge on any atom is 0.251 e. The molecule has 2 heterocycles. The molecule has 1 saturated heterocycles. The molecule has 1 aliphatic heterocycles. The zero-order valence-corrected chi connectivity index (χ0v) is 42.1. The lowest BCUT2D eigenvalue weighted by Crippen LogP contribution is -2.74. The first kappa shape index (κ1) is 50.7. The van der Waals surface area contributed by atoms with Gasteiger partial charge in [-0.3, -0.25) is 19.2 Å². The smallest absolute Gasteiger partial charge is 0.251 e. The first-order chi connectivity index (χ1) is 32.7. The van der Waals surface area contributed by atoms with Gasteiger partial charge in [-0.05, 0) is 94.4 Å². The van der Waals surface area contributed by atoms with Crippen molar-refractivity contribution in [2.75, 3.05) is 13.2 Å². The van der Waals surface area contributed by atoms with E-state index >= 15 is 0 Å². The zero-order valence-electron chi connectivity index (χ0n) is 40.5. The second-order valence-corrected chi connectivity index (χ2v) is 21.8. The molecule has 1 aromatic heterocycles. The number of amides is 4. The lowest BCUT2D eigenvalue weighted by Gasteiger charge is -2.63. The summed E-state index contributed by atoms with van der Waals surface area (Å²) in [7, 11) is 0. The van der Waals surface area contributed by atoms with Gasteiger partial charge in [-0.2, -0.15) is 5.26 Å². The summed E-state index contributed by atoms with van der Waals surface area (Å²) >= 11 is 7.94. The van der Waals surface area contributed by atoms with Crippen LogP contribution in [0, 0.1) is 34.5 Å². The summed E-state index contributed by atoms with van der Waals surface area (Å²) in [5.74, 6) is -0.0457. The first-order valence-corrected chi connectivity index (χ1v) is 24.6. The van der Waals surface area contributed by atoms with Crippen LogP contribution in [0.1, 0.15) is 94.8 Å². The van der Waals surface area contributed by atoms with Gasteiger partial charge in [0, 0.05) is 59.3 Å². The number of β-amino-alcohol motifs (C(OH)–C–C–N with tert-alkyl or cyclic N) is 1. The van der Waals surface area contributed by atoms with E-state index in [1.54, 1.807) is 29.5 Å². The number of carbonyl (C=O) groups is 4. The summed E-state index contributed by atoms with van der Waals surface area (Å²) in [6.07, 6.45) is -0.447. The number of aryl methyl sites for hydroxylation is 1. The minimum Gasteiger partial charge on any atom is -0.494 e. The Morgan fingerprint density at radius 1 is 0.899 bits per heavy atom. The normalized spacial score (nSPS) is 19.6. The first-order valence-electron chi connectivity index (χ1n) is 23.4. The van der Waals surface area contributed by atoms with E-state index in [-0.39, 0.29) is 62.4 Å². The van der Waals surface area contributed by atoms with E-state index in [1.807, 2.05) is 93.6 Å². The van der Waals surface area contributed by atoms with Crippen LogP contribution in [0.3, 0.4) is 0 Å². The Balaban J connectivity index is 0.858. The van der Waals surface area contributed by atoms with Gasteiger partial charge in [0.15, 0.2) is 0 Å². The standard InChI is InChI=1S/C55H62ClN5O7S/c1-33-25-27-69-46(33)37-13-11-34(12-14-37)31-58-49(65)44-28-40(62)32-61(44)50(66)47(53(2,3)4)59-45(63)10-9-26-67-41-22-19-36(20-23-41)35-15-17-38(18-16-35)48(64)60-51-54(5,6)52(55(51,7)8)68-42-24-21-39(30-57)43(56)29-42/h11-25,27,29,40,44,47,51-52,62H,9-10,26,28,31-32H2,1-8H3,(H,58,65)(H,59,63)(H,60,64)/t40-,44+,47-,51?,52?/m1/s1. The van der Waals surface area contributed by atoms with Crippen LogP contribution in [0.25, 0.3) is 21.6 Å². The number of rotatable bonds is 16. The Labute approximate surface area is 414 Å². The van der Waals surface area contributed by atoms with Crippen LogP contribution in [0.4, 0.5) is 0 Å². The van der Waals surface area contributed by atoms with Crippen molar-refractivity contribution in [3.63, 3.8) is 0 Å². The largest absolute Gasteiger partial charge is 0.494 e. The average molecular weight is 973 g/mol. The molecule has 5 aromatic rings. The van der Waals surface area contributed by atoms with Gasteiger partial charge in [-0.25, -0.2) is 0 Å². The van der Waals surface area contributed by atoms with Gasteiger partial charge < -0.3 is 35.4 Å². The summed E-state index contributed by atoms with van der Waals surface area (Å²) in [5.41, 5.74) is 4.57. The molecule has 4 amide bonds. The second-order valence-electron chi connectivity index (χ2n) is 20.5. The molecule has 14 heteroatoms. The number of halogens is 1. The fourth-order valence-electron chi connectivity index (χ4n) is 9.89. The van der Waals surface area contributed by atoms with E-state index < -0.39 is 40.3 Å². The quantitative estimate of drug-likeness (QED) is 0.0709. The summed E-state index contributed by atoms with van der Waals surface area (Å²) < 4.78 is 12.3. The van der Waals surface area contributed by atoms with Crippen LogP contribution in [-0.2, 0) is 20.9 Å². The summed E-state index contributed by atoms with van der Waals surface area (Å²) in [6.45, 7) is 16.5. The number of hydrogen-bond acceptors (Lipinski definition) is 9. The number of carbonyl (C=O) groups excluding carboxylic acids is 4. The summed E-state index contributed by atoms with van der Waals surface area (Å²) in [6, 6.07) is 30.2. The van der Waals surface area contributed by atoms with Crippen molar-refractivity contribution in [2.45, 2.75) is 112 Å². The molecule has 2 aliphatic rings. The van der Waals surface area contributed by atoms with Crippen molar-refractivity contribution in [1.82, 2.24) is 20.9 Å². The second kappa shape index (κ2) is 20.8. The highest BCUT2D eigenvalue weighted by Gasteiger charge is 2.64. The molecule has 1 aliphatic carbocycles. The SMILES string of the molecule is Cc1ccsc1-c1ccc(CNC(=O)[C@@H]2C[C@@H](O)CN2C(=O)[C@@H](NC(=O)CCCOc2ccc(-c3ccc(C(=O)NC4C(C)(C)C(Oc5ccc(C#N)c(Cl)c5)C4(C)C)cc3)cc2)C(C)(C)C)cc1. The molecule has 69 heavy (non-hydrogen) atoms. The van der Waals surface area contributed by atoms with Crippen molar-refractivity contribution in [3.05, 3.63) is 130 Å². The molecule has 7 rings (SSSR count). The summed E-state index contributed by atoms with van der Waals surface area (Å²) in [4.78, 5) is 56.9. The van der Waals surface area contributed by atoms with E-state index in [2.05, 4.69) is 68.1 Å². The number of aliphatic hydroxyl groups excluding tert-OH is 1. The van der Waals surface area contributed by atoms with Gasteiger partial charge >= 0.3 is 0 Å². The molecule has 362 valence electrons. The van der Waals surface area contributed by atoms with Crippen molar-refractivity contribution < 1.29 is 33.8 Å². The average Bonchev–Trinajstić information content (AvgIpc) is 3.94. The third kappa shape index (κ3) is 11.5. The molecule has 0 bridgehead atoms. The number of benzene rings is 4. The Morgan fingerprint density at radius 3 is 2.12 bits per heavy atom. The van der Waals surface area contributed by atoms with Gasteiger partial charge in [0.1, 0.15) is 35.8 Å². The van der Waals surface area contributed by atoms with E-state index in [0.29, 0.717) is 34.1 Å². The molecule has 4 aromatic carbocycles. The highest BCUT2D eigenvalue weighted by atomic mass is 35.5. The molecule has 0 unspecified atom stereocenters. The number of aliphatic hydroxyl groups is 1. The fourth-order valence-corrected chi connectivity index (χ4v) is 11.0. The van der Waals surface area contributed by atoms with Crippen LogP contribution < -0.4 is 25.4 Å². The molecular formula is C55H62ClN5O7S. The lowest BCUT2D eigenvalue weighted by atomic mass is 9.49. The van der Waals surface area contributed by atoms with Crippen LogP contribution in [0.2, 0.25) is 5.02 Å².